The molecule has 0 fully saturated rings. The van der Waals surface area contributed by atoms with Crippen LogP contribution >= 0.6 is 0 Å². The fourth-order valence-electron chi connectivity index (χ4n) is 2.24. The second-order valence-electron chi connectivity index (χ2n) is 5.49. The summed E-state index contributed by atoms with van der Waals surface area (Å²) in [5, 5.41) is 5.97. The van der Waals surface area contributed by atoms with Crippen LogP contribution in [0, 0.1) is 6.92 Å². The molecule has 6 nitrogen and oxygen atoms in total. The first-order valence-corrected chi connectivity index (χ1v) is 7.69. The van der Waals surface area contributed by atoms with Crippen LogP contribution in [0.25, 0.3) is 0 Å². The molecule has 134 valence electrons. The lowest BCUT2D eigenvalue weighted by Gasteiger charge is -2.11. The second-order valence-corrected chi connectivity index (χ2v) is 5.49. The van der Waals surface area contributed by atoms with Gasteiger partial charge in [0.2, 0.25) is 5.95 Å². The van der Waals surface area contributed by atoms with Gasteiger partial charge < -0.3 is 10.6 Å². The van der Waals surface area contributed by atoms with Crippen LogP contribution < -0.4 is 10.6 Å². The van der Waals surface area contributed by atoms with Crippen LogP contribution in [0.15, 0.2) is 48.9 Å². The molecule has 2 N–H and O–H groups in total. The number of halogens is 3. The minimum atomic E-state index is -4.36. The van der Waals surface area contributed by atoms with Crippen molar-refractivity contribution in [1.82, 2.24) is 19.9 Å². The van der Waals surface area contributed by atoms with Crippen LogP contribution in [0.5, 0.6) is 0 Å². The van der Waals surface area contributed by atoms with Crippen molar-refractivity contribution in [2.45, 2.75) is 19.6 Å². The fourth-order valence-corrected chi connectivity index (χ4v) is 2.24. The molecule has 0 aliphatic carbocycles. The molecule has 3 rings (SSSR count). The number of anilines is 3. The fraction of sp³-hybridized carbons (Fsp3) is 0.176. The molecule has 2 heterocycles. The number of hydrogen-bond donors (Lipinski definition) is 2. The van der Waals surface area contributed by atoms with E-state index in [2.05, 4.69) is 30.6 Å². The highest BCUT2D eigenvalue weighted by atomic mass is 19.4. The number of benzene rings is 1. The van der Waals surface area contributed by atoms with Crippen molar-refractivity contribution in [2.75, 3.05) is 10.6 Å². The first-order valence-electron chi connectivity index (χ1n) is 7.69. The van der Waals surface area contributed by atoms with Gasteiger partial charge in [0.15, 0.2) is 0 Å². The first-order chi connectivity index (χ1) is 12.4. The van der Waals surface area contributed by atoms with Crippen LogP contribution in [0.4, 0.5) is 30.8 Å². The summed E-state index contributed by atoms with van der Waals surface area (Å²) in [6.07, 6.45) is -1.39. The van der Waals surface area contributed by atoms with Gasteiger partial charge in [0.05, 0.1) is 5.56 Å². The third-order valence-corrected chi connectivity index (χ3v) is 3.40. The van der Waals surface area contributed by atoms with E-state index in [-0.39, 0.29) is 6.54 Å². The Morgan fingerprint density at radius 1 is 1.04 bits per heavy atom. The lowest BCUT2D eigenvalue weighted by Crippen LogP contribution is -2.08. The summed E-state index contributed by atoms with van der Waals surface area (Å²) < 4.78 is 38.4. The Kier molecular flexibility index (Phi) is 4.97. The van der Waals surface area contributed by atoms with Crippen molar-refractivity contribution in [3.05, 3.63) is 65.7 Å². The normalized spacial score (nSPS) is 11.2. The van der Waals surface area contributed by atoms with E-state index in [9.17, 15) is 13.2 Å². The molecule has 0 bridgehead atoms. The van der Waals surface area contributed by atoms with Gasteiger partial charge in [-0.3, -0.25) is 0 Å². The summed E-state index contributed by atoms with van der Waals surface area (Å²) in [6, 6.07) is 8.53. The molecule has 0 amide bonds. The Morgan fingerprint density at radius 3 is 2.62 bits per heavy atom. The molecule has 3 aromatic rings. The van der Waals surface area contributed by atoms with E-state index in [0.29, 0.717) is 28.8 Å². The van der Waals surface area contributed by atoms with E-state index in [1.54, 1.807) is 31.3 Å². The Morgan fingerprint density at radius 2 is 1.88 bits per heavy atom. The van der Waals surface area contributed by atoms with E-state index in [1.165, 1.54) is 12.4 Å². The zero-order valence-corrected chi connectivity index (χ0v) is 13.7. The van der Waals surface area contributed by atoms with Gasteiger partial charge in [0.25, 0.3) is 0 Å². The van der Waals surface area contributed by atoms with Crippen LogP contribution in [0.1, 0.15) is 16.8 Å². The number of rotatable bonds is 5. The van der Waals surface area contributed by atoms with E-state index in [0.717, 1.165) is 12.1 Å². The van der Waals surface area contributed by atoms with Gasteiger partial charge in [-0.2, -0.15) is 18.2 Å². The topological polar surface area (TPSA) is 75.6 Å². The number of aromatic nitrogens is 4. The number of hydrogen-bond acceptors (Lipinski definition) is 6. The largest absolute Gasteiger partial charge is 0.416 e. The maximum atomic E-state index is 12.8. The van der Waals surface area contributed by atoms with Crippen LogP contribution in [0.2, 0.25) is 0 Å². The minimum absolute atomic E-state index is 0.202. The average Bonchev–Trinajstić information content (AvgIpc) is 2.60. The van der Waals surface area contributed by atoms with Gasteiger partial charge in [-0.05, 0) is 30.7 Å². The predicted octanol–water partition coefficient (Wildman–Crippen LogP) is 3.95. The van der Waals surface area contributed by atoms with Gasteiger partial charge in [-0.15, -0.1) is 0 Å². The zero-order valence-electron chi connectivity index (χ0n) is 13.7. The highest BCUT2D eigenvalue weighted by Crippen LogP contribution is 2.29. The SMILES string of the molecule is Cc1cc(NCc2cccc(C(F)(F)F)c2)nc(Nc2ccncn2)n1. The van der Waals surface area contributed by atoms with E-state index < -0.39 is 11.7 Å². The maximum absolute atomic E-state index is 12.8. The van der Waals surface area contributed by atoms with Crippen molar-refractivity contribution in [3.63, 3.8) is 0 Å². The molecule has 0 atom stereocenters. The Labute approximate surface area is 147 Å². The van der Waals surface area contributed by atoms with E-state index in [4.69, 9.17) is 0 Å². The van der Waals surface area contributed by atoms with Gasteiger partial charge in [0, 0.05) is 24.5 Å². The summed E-state index contributed by atoms with van der Waals surface area (Å²) in [7, 11) is 0. The Hall–Kier alpha value is -3.23. The summed E-state index contributed by atoms with van der Waals surface area (Å²) in [4.78, 5) is 16.4. The Balaban J connectivity index is 1.72. The third-order valence-electron chi connectivity index (χ3n) is 3.40. The van der Waals surface area contributed by atoms with Crippen molar-refractivity contribution in [2.24, 2.45) is 0 Å². The highest BCUT2D eigenvalue weighted by molar-refractivity contribution is 5.50. The maximum Gasteiger partial charge on any atom is 0.416 e. The van der Waals surface area contributed by atoms with Gasteiger partial charge in [-0.1, -0.05) is 12.1 Å². The number of nitrogens with zero attached hydrogens (tertiary/aromatic N) is 4. The summed E-state index contributed by atoms with van der Waals surface area (Å²) in [5.41, 5.74) is 0.520. The van der Waals surface area contributed by atoms with E-state index >= 15 is 0 Å². The summed E-state index contributed by atoms with van der Waals surface area (Å²) in [5.74, 6) is 1.36. The van der Waals surface area contributed by atoms with Crippen LogP contribution in [-0.2, 0) is 12.7 Å². The lowest BCUT2D eigenvalue weighted by molar-refractivity contribution is -0.137. The quantitative estimate of drug-likeness (QED) is 0.718. The summed E-state index contributed by atoms with van der Waals surface area (Å²) in [6.45, 7) is 2.00. The molecular weight excluding hydrogens is 345 g/mol. The van der Waals surface area contributed by atoms with Crippen molar-refractivity contribution in [3.8, 4) is 0 Å². The first kappa shape index (κ1) is 17.6. The van der Waals surface area contributed by atoms with Crippen molar-refractivity contribution >= 4 is 17.6 Å². The molecule has 0 saturated carbocycles. The molecular formula is C17H15F3N6. The molecule has 2 aromatic heterocycles. The number of nitrogens with one attached hydrogen (secondary N) is 2. The highest BCUT2D eigenvalue weighted by Gasteiger charge is 2.30. The molecule has 0 aliphatic rings. The Bertz CT molecular complexity index is 883. The van der Waals surface area contributed by atoms with Gasteiger partial charge in [0.1, 0.15) is 18.0 Å². The predicted molar refractivity (Wildman–Crippen MR) is 90.9 cm³/mol. The molecule has 26 heavy (non-hydrogen) atoms. The number of alkyl halides is 3. The average molecular weight is 360 g/mol. The third kappa shape index (κ3) is 4.65. The zero-order chi connectivity index (χ0) is 18.6. The monoisotopic (exact) mass is 360 g/mol. The molecule has 0 spiro atoms. The van der Waals surface area contributed by atoms with Crippen LogP contribution in [-0.4, -0.2) is 19.9 Å². The molecule has 0 saturated heterocycles. The molecule has 9 heteroatoms. The van der Waals surface area contributed by atoms with Crippen molar-refractivity contribution < 1.29 is 13.2 Å². The van der Waals surface area contributed by atoms with Gasteiger partial charge >= 0.3 is 6.18 Å². The standard InChI is InChI=1S/C17H15F3N6/c1-11-7-15(26-16(24-11)25-14-5-6-21-10-23-14)22-9-12-3-2-4-13(8-12)17(18,19)20/h2-8,10H,9H2,1H3,(H2,21,22,23,24,25,26). The van der Waals surface area contributed by atoms with E-state index in [1.807, 2.05) is 0 Å². The molecule has 1 aromatic carbocycles. The second kappa shape index (κ2) is 7.34. The number of aryl methyl sites for hydroxylation is 1. The molecule has 0 radical (unpaired) electrons. The molecule has 0 aliphatic heterocycles. The van der Waals surface area contributed by atoms with Gasteiger partial charge in [-0.25, -0.2) is 15.0 Å². The van der Waals surface area contributed by atoms with Crippen LogP contribution in [0.3, 0.4) is 0 Å². The van der Waals surface area contributed by atoms with Crippen molar-refractivity contribution in [1.29, 1.82) is 0 Å². The summed E-state index contributed by atoms with van der Waals surface area (Å²) >= 11 is 0. The smallest absolute Gasteiger partial charge is 0.366 e. The molecule has 0 unspecified atom stereocenters. The minimum Gasteiger partial charge on any atom is -0.366 e. The lowest BCUT2D eigenvalue weighted by atomic mass is 10.1.